The standard InChI is InChI=1S/C10H13N3O/c1-3-10(2)8(6-9(11)14-10)13-5-4-12-7-13/h4-7,11H,3H2,1-2H3. The number of aromatic nitrogens is 2. The van der Waals surface area contributed by atoms with Gasteiger partial charge in [0.25, 0.3) is 0 Å². The Morgan fingerprint density at radius 2 is 2.43 bits per heavy atom. The van der Waals surface area contributed by atoms with Gasteiger partial charge in [0.1, 0.15) is 5.60 Å². The van der Waals surface area contributed by atoms with Crippen molar-refractivity contribution in [3.05, 3.63) is 24.8 Å². The van der Waals surface area contributed by atoms with Crippen molar-refractivity contribution in [1.82, 2.24) is 9.55 Å². The van der Waals surface area contributed by atoms with Crippen LogP contribution in [0, 0.1) is 5.41 Å². The van der Waals surface area contributed by atoms with Gasteiger partial charge in [-0.15, -0.1) is 0 Å². The lowest BCUT2D eigenvalue weighted by Gasteiger charge is -2.25. The molecule has 0 aliphatic carbocycles. The molecule has 0 fully saturated rings. The number of hydrogen-bond donors (Lipinski definition) is 1. The molecule has 2 rings (SSSR count). The molecule has 4 nitrogen and oxygen atoms in total. The third-order valence-electron chi connectivity index (χ3n) is 2.60. The molecule has 0 radical (unpaired) electrons. The molecule has 1 unspecified atom stereocenters. The van der Waals surface area contributed by atoms with Crippen LogP contribution in [0.15, 0.2) is 24.8 Å². The van der Waals surface area contributed by atoms with Crippen molar-refractivity contribution in [2.75, 3.05) is 0 Å². The monoisotopic (exact) mass is 191 g/mol. The van der Waals surface area contributed by atoms with Crippen molar-refractivity contribution in [3.63, 3.8) is 0 Å². The summed E-state index contributed by atoms with van der Waals surface area (Å²) in [4.78, 5) is 3.99. The van der Waals surface area contributed by atoms with Gasteiger partial charge in [-0.25, -0.2) is 4.98 Å². The van der Waals surface area contributed by atoms with Gasteiger partial charge < -0.3 is 9.30 Å². The lowest BCUT2D eigenvalue weighted by atomic mass is 10.00. The Morgan fingerprint density at radius 1 is 1.64 bits per heavy atom. The Bertz CT molecular complexity index is 380. The van der Waals surface area contributed by atoms with Gasteiger partial charge >= 0.3 is 0 Å². The van der Waals surface area contributed by atoms with Crippen molar-refractivity contribution in [3.8, 4) is 0 Å². The molecule has 0 bridgehead atoms. The Hall–Kier alpha value is -1.58. The fourth-order valence-corrected chi connectivity index (χ4v) is 1.60. The molecular formula is C10H13N3O. The first-order chi connectivity index (χ1) is 6.65. The Morgan fingerprint density at radius 3 is 3.00 bits per heavy atom. The van der Waals surface area contributed by atoms with E-state index >= 15 is 0 Å². The summed E-state index contributed by atoms with van der Waals surface area (Å²) in [7, 11) is 0. The van der Waals surface area contributed by atoms with E-state index < -0.39 is 5.60 Å². The van der Waals surface area contributed by atoms with Crippen LogP contribution in [0.4, 0.5) is 0 Å². The highest BCUT2D eigenvalue weighted by molar-refractivity contribution is 5.96. The van der Waals surface area contributed by atoms with E-state index in [9.17, 15) is 0 Å². The summed E-state index contributed by atoms with van der Waals surface area (Å²) in [6.45, 7) is 4.03. The van der Waals surface area contributed by atoms with Crippen molar-refractivity contribution < 1.29 is 4.74 Å². The minimum Gasteiger partial charge on any atom is -0.465 e. The lowest BCUT2D eigenvalue weighted by molar-refractivity contribution is 0.138. The zero-order chi connectivity index (χ0) is 10.2. The van der Waals surface area contributed by atoms with Crippen molar-refractivity contribution in [2.45, 2.75) is 25.9 Å². The van der Waals surface area contributed by atoms with Gasteiger partial charge in [-0.05, 0) is 13.3 Å². The van der Waals surface area contributed by atoms with E-state index in [4.69, 9.17) is 10.1 Å². The van der Waals surface area contributed by atoms with Crippen molar-refractivity contribution in [1.29, 1.82) is 5.41 Å². The van der Waals surface area contributed by atoms with Crippen molar-refractivity contribution in [2.24, 2.45) is 0 Å². The first kappa shape index (κ1) is 8.99. The molecule has 1 aliphatic heterocycles. The highest BCUT2D eigenvalue weighted by Gasteiger charge is 2.36. The van der Waals surface area contributed by atoms with Gasteiger partial charge in [-0.1, -0.05) is 6.92 Å². The molecule has 1 atom stereocenters. The van der Waals surface area contributed by atoms with Crippen LogP contribution in [0.3, 0.4) is 0 Å². The molecule has 0 spiro atoms. The topological polar surface area (TPSA) is 50.9 Å². The van der Waals surface area contributed by atoms with Crippen LogP contribution in [0.25, 0.3) is 5.70 Å². The Labute approximate surface area is 82.7 Å². The predicted octanol–water partition coefficient (Wildman–Crippen LogP) is 1.90. The van der Waals surface area contributed by atoms with Gasteiger partial charge in [-0.2, -0.15) is 0 Å². The molecule has 0 aromatic carbocycles. The molecule has 1 aliphatic rings. The van der Waals surface area contributed by atoms with E-state index in [0.29, 0.717) is 0 Å². The molecule has 1 N–H and O–H groups in total. The second-order valence-electron chi connectivity index (χ2n) is 3.55. The fraction of sp³-hybridized carbons (Fsp3) is 0.400. The van der Waals surface area contributed by atoms with Crippen LogP contribution in [0.5, 0.6) is 0 Å². The van der Waals surface area contributed by atoms with E-state index in [1.165, 1.54) is 0 Å². The number of imidazole rings is 1. The quantitative estimate of drug-likeness (QED) is 0.776. The third kappa shape index (κ3) is 1.23. The van der Waals surface area contributed by atoms with E-state index in [0.717, 1.165) is 12.1 Å². The number of hydrogen-bond acceptors (Lipinski definition) is 3. The van der Waals surface area contributed by atoms with Crippen LogP contribution in [0.1, 0.15) is 20.3 Å². The fourth-order valence-electron chi connectivity index (χ4n) is 1.60. The number of ether oxygens (including phenoxy) is 1. The number of rotatable bonds is 2. The third-order valence-corrected chi connectivity index (χ3v) is 2.60. The molecule has 0 amide bonds. The molecule has 1 aromatic heterocycles. The summed E-state index contributed by atoms with van der Waals surface area (Å²) in [6.07, 6.45) is 7.88. The van der Waals surface area contributed by atoms with Crippen LogP contribution in [-0.4, -0.2) is 21.0 Å². The molecule has 0 saturated carbocycles. The molecule has 0 saturated heterocycles. The Kier molecular flexibility index (Phi) is 1.91. The van der Waals surface area contributed by atoms with Crippen molar-refractivity contribution >= 4 is 11.6 Å². The predicted molar refractivity (Wildman–Crippen MR) is 54.0 cm³/mol. The second-order valence-corrected chi connectivity index (χ2v) is 3.55. The Balaban J connectivity index is 2.43. The highest BCUT2D eigenvalue weighted by atomic mass is 16.5. The molecule has 2 heterocycles. The molecule has 4 heteroatoms. The van der Waals surface area contributed by atoms with Gasteiger partial charge in [0.15, 0.2) is 0 Å². The highest BCUT2D eigenvalue weighted by Crippen LogP contribution is 2.33. The lowest BCUT2D eigenvalue weighted by Crippen LogP contribution is -2.28. The zero-order valence-electron chi connectivity index (χ0n) is 8.32. The van der Waals surface area contributed by atoms with E-state index in [2.05, 4.69) is 4.98 Å². The van der Waals surface area contributed by atoms with E-state index in [-0.39, 0.29) is 5.90 Å². The number of nitrogens with one attached hydrogen (secondary N) is 1. The molecule has 74 valence electrons. The van der Waals surface area contributed by atoms with E-state index in [1.54, 1.807) is 18.6 Å². The largest absolute Gasteiger partial charge is 0.465 e. The van der Waals surface area contributed by atoms with Gasteiger partial charge in [0.2, 0.25) is 5.90 Å². The summed E-state index contributed by atoms with van der Waals surface area (Å²) in [5, 5.41) is 7.51. The van der Waals surface area contributed by atoms with Gasteiger partial charge in [-0.3, -0.25) is 5.41 Å². The smallest absolute Gasteiger partial charge is 0.208 e. The average molecular weight is 191 g/mol. The summed E-state index contributed by atoms with van der Waals surface area (Å²) in [6, 6.07) is 0. The molecule has 14 heavy (non-hydrogen) atoms. The van der Waals surface area contributed by atoms with Crippen LogP contribution < -0.4 is 0 Å². The normalized spacial score (nSPS) is 26.1. The first-order valence-electron chi connectivity index (χ1n) is 4.64. The summed E-state index contributed by atoms with van der Waals surface area (Å²) < 4.78 is 7.37. The molecule has 1 aromatic rings. The SMILES string of the molecule is CCC1(C)OC(=N)C=C1n1ccnc1. The van der Waals surface area contributed by atoms with Crippen LogP contribution in [-0.2, 0) is 4.74 Å². The summed E-state index contributed by atoms with van der Waals surface area (Å²) in [5.41, 5.74) is 0.583. The number of nitrogens with zero attached hydrogens (tertiary/aromatic N) is 2. The zero-order valence-corrected chi connectivity index (χ0v) is 8.32. The maximum absolute atomic E-state index is 7.51. The molecular weight excluding hydrogens is 178 g/mol. The average Bonchev–Trinajstić information content (AvgIpc) is 2.73. The van der Waals surface area contributed by atoms with Gasteiger partial charge in [0, 0.05) is 18.5 Å². The summed E-state index contributed by atoms with van der Waals surface area (Å²) >= 11 is 0. The van der Waals surface area contributed by atoms with Crippen LogP contribution in [0.2, 0.25) is 0 Å². The second kappa shape index (κ2) is 2.97. The summed E-state index contributed by atoms with van der Waals surface area (Å²) in [5.74, 6) is 0.220. The maximum atomic E-state index is 7.51. The van der Waals surface area contributed by atoms with E-state index in [1.807, 2.05) is 24.6 Å². The van der Waals surface area contributed by atoms with Crippen LogP contribution >= 0.6 is 0 Å². The van der Waals surface area contributed by atoms with Gasteiger partial charge in [0.05, 0.1) is 12.0 Å². The minimum absolute atomic E-state index is 0.220. The first-order valence-corrected chi connectivity index (χ1v) is 4.64. The minimum atomic E-state index is -0.391. The maximum Gasteiger partial charge on any atom is 0.208 e.